The molecule has 2 aromatic rings. The van der Waals surface area contributed by atoms with Crippen LogP contribution in [0.3, 0.4) is 0 Å². The summed E-state index contributed by atoms with van der Waals surface area (Å²) in [6.45, 7) is 0. The lowest BCUT2D eigenvalue weighted by Crippen LogP contribution is -2.12. The lowest BCUT2D eigenvalue weighted by Gasteiger charge is -2.01. The van der Waals surface area contributed by atoms with Crippen LogP contribution in [0.15, 0.2) is 27.1 Å². The van der Waals surface area contributed by atoms with Gasteiger partial charge >= 0.3 is 11.4 Å². The van der Waals surface area contributed by atoms with E-state index >= 15 is 0 Å². The summed E-state index contributed by atoms with van der Waals surface area (Å²) in [5.74, 6) is 0.156. The summed E-state index contributed by atoms with van der Waals surface area (Å²) in [6, 6.07) is 2.60. The van der Waals surface area contributed by atoms with Crippen LogP contribution in [0.25, 0.3) is 0 Å². The maximum Gasteiger partial charge on any atom is 0.343 e. The van der Waals surface area contributed by atoms with Crippen molar-refractivity contribution in [1.29, 1.82) is 0 Å². The van der Waals surface area contributed by atoms with Crippen LogP contribution in [0.4, 0.5) is 11.5 Å². The molecule has 0 aliphatic carbocycles. The lowest BCUT2D eigenvalue weighted by atomic mass is 10.4. The van der Waals surface area contributed by atoms with Crippen LogP contribution in [0.2, 0.25) is 0 Å². The zero-order chi connectivity index (χ0) is 13.3. The molecule has 0 saturated heterocycles. The lowest BCUT2D eigenvalue weighted by molar-refractivity contribution is -0.388. The molecule has 3 N–H and O–H groups in total. The Balaban J connectivity index is 2.45. The normalized spacial score (nSPS) is 10.5. The van der Waals surface area contributed by atoms with E-state index in [1.165, 1.54) is 23.7 Å². The van der Waals surface area contributed by atoms with Gasteiger partial charge in [0.15, 0.2) is 10.2 Å². The second-order valence-corrected chi connectivity index (χ2v) is 4.25. The van der Waals surface area contributed by atoms with Crippen molar-refractivity contribution in [2.24, 2.45) is 7.05 Å². The average Bonchev–Trinajstić information content (AvgIpc) is 2.61. The first-order valence-electron chi connectivity index (χ1n) is 4.69. The monoisotopic (exact) mass is 268 g/mol. The molecule has 0 amide bonds. The zero-order valence-corrected chi connectivity index (χ0v) is 9.97. The number of hydrogen-bond donors (Lipinski definition) is 2. The number of aromatic nitrogens is 4. The summed E-state index contributed by atoms with van der Waals surface area (Å²) >= 11 is 0.892. The summed E-state index contributed by atoms with van der Waals surface area (Å²) in [7, 11) is 1.49. The smallest absolute Gasteiger partial charge is 0.343 e. The molecule has 2 aromatic heterocycles. The molecule has 0 unspecified atom stereocenters. The fourth-order valence-corrected chi connectivity index (χ4v) is 2.05. The Morgan fingerprint density at radius 3 is 2.83 bits per heavy atom. The Bertz CT molecular complexity index is 663. The molecule has 0 bridgehead atoms. The highest BCUT2D eigenvalue weighted by Gasteiger charge is 2.19. The number of hydrogen-bond acceptors (Lipinski definition) is 7. The van der Waals surface area contributed by atoms with E-state index in [0.29, 0.717) is 0 Å². The summed E-state index contributed by atoms with van der Waals surface area (Å²) in [5, 5.41) is 17.1. The van der Waals surface area contributed by atoms with E-state index in [2.05, 4.69) is 15.2 Å². The van der Waals surface area contributed by atoms with Crippen molar-refractivity contribution >= 4 is 23.3 Å². The van der Waals surface area contributed by atoms with Crippen LogP contribution < -0.4 is 11.4 Å². The molecule has 0 spiro atoms. The molecule has 94 valence electrons. The van der Waals surface area contributed by atoms with Crippen LogP contribution in [-0.4, -0.2) is 24.7 Å². The molecular formula is C8H8N6O3S. The molecule has 9 nitrogen and oxygen atoms in total. The number of rotatable bonds is 3. The van der Waals surface area contributed by atoms with Gasteiger partial charge in [0.2, 0.25) is 0 Å². The molecule has 0 aliphatic heterocycles. The molecule has 2 rings (SSSR count). The molecule has 0 fully saturated rings. The maximum absolute atomic E-state index is 11.2. The van der Waals surface area contributed by atoms with Crippen molar-refractivity contribution in [3.8, 4) is 0 Å². The van der Waals surface area contributed by atoms with Gasteiger partial charge in [0.05, 0.1) is 4.92 Å². The molecule has 0 aromatic carbocycles. The maximum atomic E-state index is 11.2. The highest BCUT2D eigenvalue weighted by molar-refractivity contribution is 7.99. The van der Waals surface area contributed by atoms with E-state index in [1.54, 1.807) is 0 Å². The molecule has 0 saturated carbocycles. The van der Waals surface area contributed by atoms with Crippen LogP contribution in [0, 0.1) is 10.1 Å². The number of anilines is 1. The van der Waals surface area contributed by atoms with E-state index < -0.39 is 10.6 Å². The minimum Gasteiger partial charge on any atom is -0.384 e. The Kier molecular flexibility index (Phi) is 3.02. The van der Waals surface area contributed by atoms with Gasteiger partial charge in [0.1, 0.15) is 5.82 Å². The van der Waals surface area contributed by atoms with Crippen molar-refractivity contribution in [3.05, 3.63) is 32.7 Å². The predicted molar refractivity (Wildman–Crippen MR) is 63.3 cm³/mol. The van der Waals surface area contributed by atoms with E-state index in [9.17, 15) is 14.9 Å². The second kappa shape index (κ2) is 4.49. The molecule has 2 heterocycles. The first-order chi connectivity index (χ1) is 8.49. The minimum absolute atomic E-state index is 0.0853. The van der Waals surface area contributed by atoms with E-state index in [-0.39, 0.29) is 21.7 Å². The quantitative estimate of drug-likeness (QED) is 0.597. The van der Waals surface area contributed by atoms with Gasteiger partial charge in [-0.25, -0.2) is 14.9 Å². The minimum atomic E-state index is -0.570. The first-order valence-corrected chi connectivity index (χ1v) is 5.51. The van der Waals surface area contributed by atoms with Crippen molar-refractivity contribution in [3.63, 3.8) is 0 Å². The second-order valence-electron chi connectivity index (χ2n) is 3.29. The summed E-state index contributed by atoms with van der Waals surface area (Å²) < 4.78 is 1.22. The fourth-order valence-electron chi connectivity index (χ4n) is 1.17. The largest absolute Gasteiger partial charge is 0.384 e. The average molecular weight is 268 g/mol. The topological polar surface area (TPSA) is 133 Å². The van der Waals surface area contributed by atoms with E-state index in [1.807, 2.05) is 0 Å². The molecule has 18 heavy (non-hydrogen) atoms. The van der Waals surface area contributed by atoms with E-state index in [0.717, 1.165) is 11.8 Å². The Morgan fingerprint density at radius 1 is 1.56 bits per heavy atom. The van der Waals surface area contributed by atoms with Gasteiger partial charge in [-0.1, -0.05) is 0 Å². The number of nitrogens with one attached hydrogen (secondary N) is 1. The van der Waals surface area contributed by atoms with Gasteiger partial charge in [-0.3, -0.25) is 14.7 Å². The van der Waals surface area contributed by atoms with Crippen molar-refractivity contribution in [1.82, 2.24) is 19.7 Å². The van der Waals surface area contributed by atoms with Crippen LogP contribution >= 0.6 is 11.8 Å². The number of nitro groups is 1. The SMILES string of the molecule is Cn1c(Sc2nc(N)ccc2[N+](=O)[O-])n[nH]c1=O. The summed E-state index contributed by atoms with van der Waals surface area (Å²) in [4.78, 5) is 25.3. The third kappa shape index (κ3) is 2.18. The fraction of sp³-hybridized carbons (Fsp3) is 0.125. The van der Waals surface area contributed by atoms with Gasteiger partial charge in [0, 0.05) is 13.1 Å². The van der Waals surface area contributed by atoms with Gasteiger partial charge in [0.25, 0.3) is 0 Å². The van der Waals surface area contributed by atoms with Crippen molar-refractivity contribution in [2.75, 3.05) is 5.73 Å². The van der Waals surface area contributed by atoms with Crippen LogP contribution in [0.1, 0.15) is 0 Å². The Labute approximate surface area is 104 Å². The van der Waals surface area contributed by atoms with Crippen LogP contribution in [-0.2, 0) is 7.05 Å². The summed E-state index contributed by atoms with van der Waals surface area (Å²) in [5.41, 5.74) is 4.88. The van der Waals surface area contributed by atoms with E-state index in [4.69, 9.17) is 5.73 Å². The first kappa shape index (κ1) is 12.1. The molecule has 0 atom stereocenters. The van der Waals surface area contributed by atoms with Crippen LogP contribution in [0.5, 0.6) is 0 Å². The molecule has 0 radical (unpaired) electrons. The summed E-state index contributed by atoms with van der Waals surface area (Å²) in [6.07, 6.45) is 0. The van der Waals surface area contributed by atoms with Gasteiger partial charge in [-0.05, 0) is 17.8 Å². The highest BCUT2D eigenvalue weighted by atomic mass is 32.2. The van der Waals surface area contributed by atoms with Crippen molar-refractivity contribution in [2.45, 2.75) is 10.2 Å². The molecule has 0 aliphatic rings. The third-order valence-electron chi connectivity index (χ3n) is 2.09. The zero-order valence-electron chi connectivity index (χ0n) is 9.15. The van der Waals surface area contributed by atoms with Gasteiger partial charge in [-0.2, -0.15) is 0 Å². The highest BCUT2D eigenvalue weighted by Crippen LogP contribution is 2.31. The molecule has 10 heteroatoms. The number of nitrogen functional groups attached to an aromatic ring is 1. The van der Waals surface area contributed by atoms with Gasteiger partial charge < -0.3 is 5.73 Å². The predicted octanol–water partition coefficient (Wildman–Crippen LogP) is 0.145. The number of nitrogens with two attached hydrogens (primary N) is 1. The number of aromatic amines is 1. The third-order valence-corrected chi connectivity index (χ3v) is 3.13. The number of nitrogens with zero attached hydrogens (tertiary/aromatic N) is 4. The Hall–Kier alpha value is -2.36. The standard InChI is InChI=1S/C8H8N6O3S/c1-13-7(15)11-12-8(13)18-6-4(14(16)17)2-3-5(9)10-6/h2-3H,1H3,(H2,9,10)(H,11,15). The van der Waals surface area contributed by atoms with Crippen molar-refractivity contribution < 1.29 is 4.92 Å². The number of H-pyrrole nitrogens is 1. The van der Waals surface area contributed by atoms with Gasteiger partial charge in [-0.15, -0.1) is 5.10 Å². The Morgan fingerprint density at radius 2 is 2.28 bits per heavy atom. The number of pyridine rings is 1. The molecular weight excluding hydrogens is 260 g/mol.